The first-order valence-corrected chi connectivity index (χ1v) is 8.99. The predicted octanol–water partition coefficient (Wildman–Crippen LogP) is 3.88. The number of anilines is 1. The molecule has 0 bridgehead atoms. The van der Waals surface area contributed by atoms with Gasteiger partial charge in [0.15, 0.2) is 11.5 Å². The van der Waals surface area contributed by atoms with E-state index in [1.807, 2.05) is 0 Å². The summed E-state index contributed by atoms with van der Waals surface area (Å²) in [4.78, 5) is 27.6. The molecule has 0 aliphatic carbocycles. The molecule has 0 radical (unpaired) electrons. The van der Waals surface area contributed by atoms with Gasteiger partial charge in [0.25, 0.3) is 11.6 Å². The molecule has 1 aromatic heterocycles. The minimum absolute atomic E-state index is 0.0117. The molecule has 1 aliphatic rings. The van der Waals surface area contributed by atoms with E-state index in [9.17, 15) is 19.3 Å². The number of halogens is 1. The Bertz CT molecular complexity index is 1070. The Hall–Kier alpha value is -3.53. The smallest absolute Gasteiger partial charge is 0.274 e. The van der Waals surface area contributed by atoms with Gasteiger partial charge in [-0.05, 0) is 24.3 Å². The van der Waals surface area contributed by atoms with Gasteiger partial charge in [0.05, 0.1) is 22.1 Å². The minimum atomic E-state index is -0.605. The maximum absolute atomic E-state index is 13.2. The molecule has 8 nitrogen and oxygen atoms in total. The highest BCUT2D eigenvalue weighted by Crippen LogP contribution is 2.39. The molecule has 1 aliphatic heterocycles. The fourth-order valence-electron chi connectivity index (χ4n) is 2.73. The van der Waals surface area contributed by atoms with Crippen molar-refractivity contribution in [2.75, 3.05) is 18.5 Å². The van der Waals surface area contributed by atoms with Crippen LogP contribution in [0.5, 0.6) is 11.5 Å². The first-order valence-electron chi connectivity index (χ1n) is 8.12. The van der Waals surface area contributed by atoms with Crippen molar-refractivity contribution in [2.24, 2.45) is 0 Å². The lowest BCUT2D eigenvalue weighted by atomic mass is 10.1. The van der Waals surface area contributed by atoms with E-state index in [0.29, 0.717) is 16.3 Å². The number of nitrogens with zero attached hydrogens (tertiary/aromatic N) is 2. The van der Waals surface area contributed by atoms with Crippen molar-refractivity contribution < 1.29 is 23.6 Å². The third kappa shape index (κ3) is 3.37. The molecule has 142 valence electrons. The fourth-order valence-corrected chi connectivity index (χ4v) is 3.43. The number of hydrogen-bond acceptors (Lipinski definition) is 7. The number of carbonyl (C=O) groups is 1. The van der Waals surface area contributed by atoms with Gasteiger partial charge >= 0.3 is 0 Å². The maximum atomic E-state index is 13.2. The van der Waals surface area contributed by atoms with Gasteiger partial charge in [0.2, 0.25) is 0 Å². The summed E-state index contributed by atoms with van der Waals surface area (Å²) in [5.74, 6) is -0.682. The molecule has 2 heterocycles. The Balaban J connectivity index is 1.68. The zero-order valence-corrected chi connectivity index (χ0v) is 15.0. The van der Waals surface area contributed by atoms with E-state index in [2.05, 4.69) is 10.3 Å². The first-order chi connectivity index (χ1) is 13.5. The van der Waals surface area contributed by atoms with E-state index < -0.39 is 10.8 Å². The van der Waals surface area contributed by atoms with Crippen LogP contribution in [0.3, 0.4) is 0 Å². The number of carbonyl (C=O) groups excluding carboxylic acids is 1. The third-order valence-electron chi connectivity index (χ3n) is 3.99. The molecule has 4 rings (SSSR count). The number of nitro benzene ring substituents is 1. The Morgan fingerprint density at radius 2 is 1.96 bits per heavy atom. The van der Waals surface area contributed by atoms with Crippen LogP contribution >= 0.6 is 11.3 Å². The van der Waals surface area contributed by atoms with Crippen LogP contribution in [-0.2, 0) is 0 Å². The molecule has 0 atom stereocenters. The number of non-ortho nitro benzene ring substituents is 1. The van der Waals surface area contributed by atoms with Crippen molar-refractivity contribution in [1.82, 2.24) is 4.98 Å². The van der Waals surface area contributed by atoms with Crippen LogP contribution in [0.15, 0.2) is 41.9 Å². The van der Waals surface area contributed by atoms with E-state index in [4.69, 9.17) is 9.47 Å². The van der Waals surface area contributed by atoms with Gasteiger partial charge in [-0.1, -0.05) is 0 Å². The molecule has 0 unspecified atom stereocenters. The van der Waals surface area contributed by atoms with Crippen LogP contribution in [0, 0.1) is 15.9 Å². The second-order valence-electron chi connectivity index (χ2n) is 5.77. The summed E-state index contributed by atoms with van der Waals surface area (Å²) >= 11 is 1.18. The lowest BCUT2D eigenvalue weighted by Crippen LogP contribution is -2.20. The molecule has 2 aromatic carbocycles. The summed E-state index contributed by atoms with van der Waals surface area (Å²) in [7, 11) is 0. The van der Waals surface area contributed by atoms with Crippen LogP contribution in [0.4, 0.5) is 15.1 Å². The van der Waals surface area contributed by atoms with Gasteiger partial charge in [0.1, 0.15) is 29.7 Å². The Kier molecular flexibility index (Phi) is 4.62. The number of ether oxygens (including phenoxy) is 2. The average Bonchev–Trinajstić information content (AvgIpc) is 3.15. The molecular weight excluding hydrogens is 389 g/mol. The number of thiazole rings is 1. The van der Waals surface area contributed by atoms with Gasteiger partial charge in [-0.2, -0.15) is 0 Å². The molecule has 3 aromatic rings. The van der Waals surface area contributed by atoms with Crippen LogP contribution in [0.25, 0.3) is 11.3 Å². The zero-order chi connectivity index (χ0) is 19.7. The summed E-state index contributed by atoms with van der Waals surface area (Å²) < 4.78 is 24.0. The highest BCUT2D eigenvalue weighted by atomic mass is 32.1. The second kappa shape index (κ2) is 7.24. The van der Waals surface area contributed by atoms with Crippen LogP contribution in [0.2, 0.25) is 0 Å². The maximum Gasteiger partial charge on any atom is 0.274 e. The van der Waals surface area contributed by atoms with Gasteiger partial charge in [-0.3, -0.25) is 14.9 Å². The van der Waals surface area contributed by atoms with Crippen molar-refractivity contribution in [3.05, 3.63) is 63.4 Å². The average molecular weight is 401 g/mol. The topological polar surface area (TPSA) is 104 Å². The molecular formula is C18H12FN3O5S. The van der Waals surface area contributed by atoms with Crippen molar-refractivity contribution in [3.8, 4) is 22.8 Å². The first kappa shape index (κ1) is 17.9. The fraction of sp³-hybridized carbons (Fsp3) is 0.111. The van der Waals surface area contributed by atoms with E-state index in [1.165, 1.54) is 35.0 Å². The number of nitro groups is 1. The number of rotatable bonds is 4. The second-order valence-corrected chi connectivity index (χ2v) is 6.62. The summed E-state index contributed by atoms with van der Waals surface area (Å²) in [5, 5.41) is 14.3. The molecule has 0 saturated heterocycles. The van der Waals surface area contributed by atoms with Gasteiger partial charge < -0.3 is 14.8 Å². The number of hydrogen-bond donors (Lipinski definition) is 1. The monoisotopic (exact) mass is 401 g/mol. The summed E-state index contributed by atoms with van der Waals surface area (Å²) in [5.41, 5.74) is 2.34. The summed E-state index contributed by atoms with van der Waals surface area (Å²) in [6.07, 6.45) is 0. The summed E-state index contributed by atoms with van der Waals surface area (Å²) in [6.45, 7) is 0.464. The Morgan fingerprint density at radius 3 is 2.71 bits per heavy atom. The van der Waals surface area contributed by atoms with Crippen LogP contribution in [0.1, 0.15) is 10.4 Å². The normalized spacial score (nSPS) is 12.5. The molecule has 0 saturated carbocycles. The Morgan fingerprint density at radius 1 is 1.21 bits per heavy atom. The van der Waals surface area contributed by atoms with E-state index in [-0.39, 0.29) is 41.8 Å². The molecule has 0 spiro atoms. The van der Waals surface area contributed by atoms with E-state index in [1.54, 1.807) is 12.1 Å². The van der Waals surface area contributed by atoms with Crippen LogP contribution in [-0.4, -0.2) is 29.0 Å². The van der Waals surface area contributed by atoms with Gasteiger partial charge in [0, 0.05) is 11.6 Å². The number of aromatic nitrogens is 1. The van der Waals surface area contributed by atoms with E-state index >= 15 is 0 Å². The number of nitrogens with one attached hydrogen (secondary N) is 1. The lowest BCUT2D eigenvalue weighted by molar-refractivity contribution is -0.385. The molecule has 0 fully saturated rings. The number of benzene rings is 2. The molecule has 10 heteroatoms. The SMILES string of the molecule is O=C(Nc1scnc1-c1ccc(F)cc1)c1cc([N+](=O)[O-])cc2c1OCCO2. The molecule has 1 amide bonds. The molecule has 28 heavy (non-hydrogen) atoms. The number of fused-ring (bicyclic) bond motifs is 1. The largest absolute Gasteiger partial charge is 0.486 e. The van der Waals surface area contributed by atoms with Crippen molar-refractivity contribution in [2.45, 2.75) is 0 Å². The van der Waals surface area contributed by atoms with Crippen molar-refractivity contribution >= 4 is 27.9 Å². The molecule has 1 N–H and O–H groups in total. The van der Waals surface area contributed by atoms with Gasteiger partial charge in [-0.25, -0.2) is 9.37 Å². The van der Waals surface area contributed by atoms with Crippen molar-refractivity contribution in [3.63, 3.8) is 0 Å². The lowest BCUT2D eigenvalue weighted by Gasteiger charge is -2.20. The van der Waals surface area contributed by atoms with Crippen molar-refractivity contribution in [1.29, 1.82) is 0 Å². The van der Waals surface area contributed by atoms with Gasteiger partial charge in [-0.15, -0.1) is 11.3 Å². The standard InChI is InChI=1S/C18H12FN3O5S/c19-11-3-1-10(2-4-11)15-18(28-9-20-15)21-17(23)13-7-12(22(24)25)8-14-16(13)27-6-5-26-14/h1-4,7-9H,5-6H2,(H,21,23). The minimum Gasteiger partial charge on any atom is -0.486 e. The quantitative estimate of drug-likeness (QED) is 0.526. The highest BCUT2D eigenvalue weighted by molar-refractivity contribution is 7.14. The third-order valence-corrected chi connectivity index (χ3v) is 4.74. The van der Waals surface area contributed by atoms with E-state index in [0.717, 1.165) is 6.07 Å². The highest BCUT2D eigenvalue weighted by Gasteiger charge is 2.26. The zero-order valence-electron chi connectivity index (χ0n) is 14.2. The predicted molar refractivity (Wildman–Crippen MR) is 99.5 cm³/mol. The summed E-state index contributed by atoms with van der Waals surface area (Å²) in [6, 6.07) is 8.05. The van der Waals surface area contributed by atoms with Crippen LogP contribution < -0.4 is 14.8 Å². The number of amides is 1. The Labute approximate surface area is 161 Å².